The zero-order chi connectivity index (χ0) is 24.8. The number of carbonyl (C=O) groups is 1. The van der Waals surface area contributed by atoms with E-state index in [2.05, 4.69) is 25.2 Å². The van der Waals surface area contributed by atoms with Crippen LogP contribution in [0.15, 0.2) is 48.8 Å². The van der Waals surface area contributed by atoms with Crippen LogP contribution in [0, 0.1) is 0 Å². The molecule has 1 saturated heterocycles. The maximum atomic E-state index is 14.0. The second-order valence-electron chi connectivity index (χ2n) is 8.74. The van der Waals surface area contributed by atoms with E-state index in [1.165, 1.54) is 29.2 Å². The summed E-state index contributed by atoms with van der Waals surface area (Å²) < 4.78 is 54.8. The summed E-state index contributed by atoms with van der Waals surface area (Å²) in [4.78, 5) is 24.3. The van der Waals surface area contributed by atoms with Gasteiger partial charge in [0.15, 0.2) is 0 Å². The third kappa shape index (κ3) is 6.64. The number of aromatic nitrogens is 5. The van der Waals surface area contributed by atoms with Crippen LogP contribution in [0.1, 0.15) is 49.8 Å². The summed E-state index contributed by atoms with van der Waals surface area (Å²) in [6.07, 6.45) is 6.34. The van der Waals surface area contributed by atoms with Crippen molar-refractivity contribution in [2.24, 2.45) is 0 Å². The molecule has 0 saturated carbocycles. The van der Waals surface area contributed by atoms with Crippen LogP contribution in [-0.4, -0.2) is 68.1 Å². The van der Waals surface area contributed by atoms with Crippen LogP contribution in [0.25, 0.3) is 0 Å². The van der Waals surface area contributed by atoms with E-state index in [0.29, 0.717) is 12.1 Å². The highest BCUT2D eigenvalue weighted by Crippen LogP contribution is 2.30. The molecule has 1 unspecified atom stereocenters. The maximum Gasteiger partial charge on any atom is 0.406 e. The summed E-state index contributed by atoms with van der Waals surface area (Å²) in [6.45, 7) is -0.147. The van der Waals surface area contributed by atoms with Gasteiger partial charge in [0, 0.05) is 37.9 Å². The average Bonchev–Trinajstić information content (AvgIpc) is 3.32. The Labute approximate surface area is 200 Å². The van der Waals surface area contributed by atoms with Gasteiger partial charge in [-0.25, -0.2) is 19.0 Å². The van der Waals surface area contributed by atoms with Crippen LogP contribution in [-0.2, 0) is 4.79 Å². The predicted molar refractivity (Wildman–Crippen MR) is 120 cm³/mol. The van der Waals surface area contributed by atoms with Gasteiger partial charge in [0.2, 0.25) is 5.91 Å². The van der Waals surface area contributed by atoms with Crippen molar-refractivity contribution in [2.75, 3.05) is 31.1 Å². The molecule has 1 fully saturated rings. The minimum atomic E-state index is -4.56. The largest absolute Gasteiger partial charge is 0.406 e. The van der Waals surface area contributed by atoms with Crippen LogP contribution in [0.5, 0.6) is 0 Å². The van der Waals surface area contributed by atoms with Crippen molar-refractivity contribution < 1.29 is 22.4 Å². The first-order valence-corrected chi connectivity index (χ1v) is 11.6. The van der Waals surface area contributed by atoms with E-state index in [0.717, 1.165) is 36.6 Å². The molecular weight excluding hydrogens is 466 g/mol. The van der Waals surface area contributed by atoms with Crippen molar-refractivity contribution in [1.82, 2.24) is 29.9 Å². The fraction of sp³-hybridized carbons (Fsp3) is 0.522. The van der Waals surface area contributed by atoms with E-state index in [-0.39, 0.29) is 31.1 Å². The predicted octanol–water partition coefficient (Wildman–Crippen LogP) is 3.98. The van der Waals surface area contributed by atoms with Gasteiger partial charge >= 0.3 is 6.18 Å². The molecule has 8 nitrogen and oxygen atoms in total. The second-order valence-corrected chi connectivity index (χ2v) is 8.74. The molecule has 0 aromatic carbocycles. The van der Waals surface area contributed by atoms with Crippen molar-refractivity contribution in [1.29, 1.82) is 0 Å². The van der Waals surface area contributed by atoms with Crippen LogP contribution < -0.4 is 4.90 Å². The third-order valence-electron chi connectivity index (χ3n) is 6.25. The van der Waals surface area contributed by atoms with Gasteiger partial charge in [-0.15, -0.1) is 5.10 Å². The summed E-state index contributed by atoms with van der Waals surface area (Å²) >= 11 is 0. The van der Waals surface area contributed by atoms with Gasteiger partial charge in [0.1, 0.15) is 24.7 Å². The Bertz CT molecular complexity index is 1050. The number of anilines is 1. The standard InChI is InChI=1S/C23H27F4N7O/c24-18-4-1-2-11-33(15-23(25,26)27)22(35)20(6-3-5-18)34-14-19(30-31-34)17-8-12-32(13-9-17)21-7-10-28-16-29-21/h1-2,4,7,10,14,16-17,20H,3,5-6,8-9,11-13,15H2. The SMILES string of the molecule is O=C1C(n2cc(C3CCN(c4ccncn4)CC3)nn2)CCCC(F)=CC=CCN1CC(F)(F)F. The molecular formula is C23H27F4N7O. The number of piperidine rings is 1. The number of nitrogens with zero attached hydrogens (tertiary/aromatic N) is 7. The lowest BCUT2D eigenvalue weighted by atomic mass is 9.94. The van der Waals surface area contributed by atoms with Crippen molar-refractivity contribution in [3.63, 3.8) is 0 Å². The topological polar surface area (TPSA) is 80.0 Å². The first-order chi connectivity index (χ1) is 16.8. The number of carbonyl (C=O) groups excluding carboxylic acids is 1. The van der Waals surface area contributed by atoms with Gasteiger partial charge in [0.25, 0.3) is 0 Å². The molecule has 2 aromatic rings. The number of amides is 1. The lowest BCUT2D eigenvalue weighted by Gasteiger charge is -2.31. The highest BCUT2D eigenvalue weighted by molar-refractivity contribution is 5.80. The number of alkyl halides is 3. The minimum Gasteiger partial charge on any atom is -0.356 e. The number of hydrogen-bond donors (Lipinski definition) is 0. The Balaban J connectivity index is 1.49. The lowest BCUT2D eigenvalue weighted by Crippen LogP contribution is -2.43. The second kappa shape index (κ2) is 11.0. The molecule has 35 heavy (non-hydrogen) atoms. The van der Waals surface area contributed by atoms with Crippen LogP contribution >= 0.6 is 0 Å². The summed E-state index contributed by atoms with van der Waals surface area (Å²) in [5, 5.41) is 8.37. The van der Waals surface area contributed by atoms with E-state index < -0.39 is 24.7 Å². The minimum absolute atomic E-state index is 0.0937. The molecule has 2 aliphatic rings. The van der Waals surface area contributed by atoms with Crippen molar-refractivity contribution in [3.05, 3.63) is 54.5 Å². The van der Waals surface area contributed by atoms with E-state index >= 15 is 0 Å². The van der Waals surface area contributed by atoms with Gasteiger partial charge in [0.05, 0.1) is 11.5 Å². The first-order valence-electron chi connectivity index (χ1n) is 11.6. The third-order valence-corrected chi connectivity index (χ3v) is 6.25. The molecule has 0 radical (unpaired) electrons. The Morgan fingerprint density at radius 2 is 1.94 bits per heavy atom. The van der Waals surface area contributed by atoms with E-state index in [1.54, 1.807) is 12.4 Å². The molecule has 12 heteroatoms. The highest BCUT2D eigenvalue weighted by Gasteiger charge is 2.36. The van der Waals surface area contributed by atoms with Crippen molar-refractivity contribution in [3.8, 4) is 0 Å². The van der Waals surface area contributed by atoms with E-state index in [1.807, 2.05) is 6.07 Å². The molecule has 2 aromatic heterocycles. The average molecular weight is 494 g/mol. The van der Waals surface area contributed by atoms with Gasteiger partial charge in [-0.3, -0.25) is 4.79 Å². The molecule has 188 valence electrons. The Kier molecular flexibility index (Phi) is 7.76. The Morgan fingerprint density at radius 1 is 1.14 bits per heavy atom. The zero-order valence-electron chi connectivity index (χ0n) is 19.1. The summed E-state index contributed by atoms with van der Waals surface area (Å²) in [6, 6.07) is 0.864. The van der Waals surface area contributed by atoms with Gasteiger partial charge in [-0.1, -0.05) is 17.4 Å². The first kappa shape index (κ1) is 24.8. The van der Waals surface area contributed by atoms with E-state index in [9.17, 15) is 22.4 Å². The lowest BCUT2D eigenvalue weighted by molar-refractivity contribution is -0.162. The molecule has 0 aliphatic carbocycles. The fourth-order valence-electron chi connectivity index (χ4n) is 4.44. The van der Waals surface area contributed by atoms with Crippen molar-refractivity contribution >= 4 is 11.7 Å². The number of rotatable bonds is 4. The fourth-order valence-corrected chi connectivity index (χ4v) is 4.44. The normalized spacial score (nSPS) is 21.1. The van der Waals surface area contributed by atoms with Crippen LogP contribution in [0.3, 0.4) is 0 Å². The Hall–Kier alpha value is -3.31. The number of halogens is 4. The molecule has 0 bridgehead atoms. The summed E-state index contributed by atoms with van der Waals surface area (Å²) in [5.41, 5.74) is 0.697. The Morgan fingerprint density at radius 3 is 2.66 bits per heavy atom. The summed E-state index contributed by atoms with van der Waals surface area (Å²) in [7, 11) is 0. The number of hydrogen-bond acceptors (Lipinski definition) is 6. The smallest absolute Gasteiger partial charge is 0.356 e. The zero-order valence-corrected chi connectivity index (χ0v) is 19.1. The summed E-state index contributed by atoms with van der Waals surface area (Å²) in [5.74, 6) is -0.129. The van der Waals surface area contributed by atoms with Crippen LogP contribution in [0.4, 0.5) is 23.4 Å². The molecule has 1 amide bonds. The maximum absolute atomic E-state index is 14.0. The number of allylic oxidation sites excluding steroid dienone is 3. The van der Waals surface area contributed by atoms with Crippen molar-refractivity contribution in [2.45, 2.75) is 50.2 Å². The van der Waals surface area contributed by atoms with Crippen LogP contribution in [0.2, 0.25) is 0 Å². The molecule has 4 rings (SSSR count). The molecule has 2 aliphatic heterocycles. The van der Waals surface area contributed by atoms with E-state index in [4.69, 9.17) is 0 Å². The highest BCUT2D eigenvalue weighted by atomic mass is 19.4. The molecule has 0 N–H and O–H groups in total. The molecule has 1 atom stereocenters. The van der Waals surface area contributed by atoms with Gasteiger partial charge in [-0.2, -0.15) is 13.2 Å². The monoisotopic (exact) mass is 493 g/mol. The van der Waals surface area contributed by atoms with Gasteiger partial charge < -0.3 is 9.80 Å². The molecule has 0 spiro atoms. The quantitative estimate of drug-likeness (QED) is 0.600. The van der Waals surface area contributed by atoms with Gasteiger partial charge in [-0.05, 0) is 44.2 Å². The molecule has 4 heterocycles.